The van der Waals surface area contributed by atoms with Crippen LogP contribution in [0.25, 0.3) is 10.6 Å². The third-order valence-electron chi connectivity index (χ3n) is 1.83. The number of hydrogen-bond donors (Lipinski definition) is 1. The number of nitrogens with zero attached hydrogens (tertiary/aromatic N) is 1. The highest BCUT2D eigenvalue weighted by atomic mass is 79.9. The molecule has 14 heavy (non-hydrogen) atoms. The van der Waals surface area contributed by atoms with Crippen molar-refractivity contribution in [3.63, 3.8) is 0 Å². The van der Waals surface area contributed by atoms with Gasteiger partial charge in [0.25, 0.3) is 0 Å². The standard InChI is InChI=1S/C10H9BrN2S/c11-8-3-1-2-7(4-8)10-13-9(5-12)6-14-10/h1-4,6H,5,12H2. The normalized spacial score (nSPS) is 10.4. The Kier molecular flexibility index (Phi) is 2.96. The van der Waals surface area contributed by atoms with E-state index in [4.69, 9.17) is 5.73 Å². The van der Waals surface area contributed by atoms with Gasteiger partial charge in [-0.25, -0.2) is 4.98 Å². The summed E-state index contributed by atoms with van der Waals surface area (Å²) in [5, 5.41) is 3.02. The van der Waals surface area contributed by atoms with Crippen LogP contribution in [-0.4, -0.2) is 4.98 Å². The number of halogens is 1. The Balaban J connectivity index is 2.39. The zero-order chi connectivity index (χ0) is 9.97. The van der Waals surface area contributed by atoms with Crippen molar-refractivity contribution in [3.8, 4) is 10.6 Å². The van der Waals surface area contributed by atoms with Crippen LogP contribution in [-0.2, 0) is 6.54 Å². The monoisotopic (exact) mass is 268 g/mol. The molecular formula is C10H9BrN2S. The molecule has 2 rings (SSSR count). The Morgan fingerprint density at radius 2 is 2.29 bits per heavy atom. The van der Waals surface area contributed by atoms with Gasteiger partial charge in [0.2, 0.25) is 0 Å². The molecule has 2 N–H and O–H groups in total. The van der Waals surface area contributed by atoms with Crippen LogP contribution in [0.5, 0.6) is 0 Å². The first-order valence-corrected chi connectivity index (χ1v) is 5.87. The van der Waals surface area contributed by atoms with E-state index in [1.807, 2.05) is 23.6 Å². The van der Waals surface area contributed by atoms with Crippen molar-refractivity contribution in [2.75, 3.05) is 0 Å². The van der Waals surface area contributed by atoms with Crippen LogP contribution in [0, 0.1) is 0 Å². The predicted molar refractivity (Wildman–Crippen MR) is 63.1 cm³/mol. The van der Waals surface area contributed by atoms with E-state index in [-0.39, 0.29) is 0 Å². The summed E-state index contributed by atoms with van der Waals surface area (Å²) in [4.78, 5) is 4.41. The van der Waals surface area contributed by atoms with Gasteiger partial charge in [0.05, 0.1) is 5.69 Å². The van der Waals surface area contributed by atoms with Gasteiger partial charge in [-0.05, 0) is 12.1 Å². The van der Waals surface area contributed by atoms with E-state index in [1.165, 1.54) is 0 Å². The molecule has 0 saturated carbocycles. The number of nitrogens with two attached hydrogens (primary N) is 1. The number of benzene rings is 1. The lowest BCUT2D eigenvalue weighted by atomic mass is 10.2. The van der Waals surface area contributed by atoms with E-state index in [0.29, 0.717) is 6.54 Å². The maximum Gasteiger partial charge on any atom is 0.123 e. The van der Waals surface area contributed by atoms with E-state index >= 15 is 0 Å². The summed E-state index contributed by atoms with van der Waals surface area (Å²) in [6.45, 7) is 0.504. The number of aromatic nitrogens is 1. The minimum Gasteiger partial charge on any atom is -0.325 e. The topological polar surface area (TPSA) is 38.9 Å². The first-order chi connectivity index (χ1) is 6.79. The smallest absolute Gasteiger partial charge is 0.123 e. The first-order valence-electron chi connectivity index (χ1n) is 4.20. The Morgan fingerprint density at radius 1 is 1.43 bits per heavy atom. The van der Waals surface area contributed by atoms with E-state index in [9.17, 15) is 0 Å². The molecule has 0 saturated heterocycles. The number of hydrogen-bond acceptors (Lipinski definition) is 3. The lowest BCUT2D eigenvalue weighted by Crippen LogP contribution is -1.95. The van der Waals surface area contributed by atoms with Crippen molar-refractivity contribution in [1.82, 2.24) is 4.98 Å². The highest BCUT2D eigenvalue weighted by molar-refractivity contribution is 9.10. The highest BCUT2D eigenvalue weighted by Crippen LogP contribution is 2.25. The van der Waals surface area contributed by atoms with Crippen molar-refractivity contribution in [2.24, 2.45) is 5.73 Å². The van der Waals surface area contributed by atoms with Gasteiger partial charge in [-0.15, -0.1) is 11.3 Å². The third kappa shape index (κ3) is 2.03. The van der Waals surface area contributed by atoms with Crippen LogP contribution in [0.3, 0.4) is 0 Å². The van der Waals surface area contributed by atoms with Gasteiger partial charge in [-0.1, -0.05) is 28.1 Å². The van der Waals surface area contributed by atoms with Crippen molar-refractivity contribution >= 4 is 27.3 Å². The average molecular weight is 269 g/mol. The van der Waals surface area contributed by atoms with Gasteiger partial charge in [0.1, 0.15) is 5.01 Å². The fourth-order valence-corrected chi connectivity index (χ4v) is 2.38. The van der Waals surface area contributed by atoms with Gasteiger partial charge < -0.3 is 5.73 Å². The summed E-state index contributed by atoms with van der Waals surface area (Å²) in [7, 11) is 0. The Labute approximate surface area is 94.9 Å². The summed E-state index contributed by atoms with van der Waals surface area (Å²) in [5.74, 6) is 0. The predicted octanol–water partition coefficient (Wildman–Crippen LogP) is 3.03. The SMILES string of the molecule is NCc1csc(-c2cccc(Br)c2)n1. The first kappa shape index (κ1) is 9.83. The molecule has 1 heterocycles. The molecule has 4 heteroatoms. The minimum atomic E-state index is 0.504. The van der Waals surface area contributed by atoms with Crippen molar-refractivity contribution in [2.45, 2.75) is 6.54 Å². The second-order valence-corrected chi connectivity index (χ2v) is 4.63. The van der Waals surface area contributed by atoms with E-state index in [2.05, 4.69) is 27.0 Å². The molecule has 0 atom stereocenters. The van der Waals surface area contributed by atoms with Crippen molar-refractivity contribution in [3.05, 3.63) is 39.8 Å². The van der Waals surface area contributed by atoms with Gasteiger partial charge >= 0.3 is 0 Å². The molecule has 1 aromatic heterocycles. The molecule has 0 aliphatic heterocycles. The van der Waals surface area contributed by atoms with E-state index in [1.54, 1.807) is 11.3 Å². The quantitative estimate of drug-likeness (QED) is 0.910. The second-order valence-electron chi connectivity index (χ2n) is 2.86. The van der Waals surface area contributed by atoms with Gasteiger partial charge in [-0.3, -0.25) is 0 Å². The molecule has 0 radical (unpaired) electrons. The molecule has 72 valence electrons. The molecule has 0 bridgehead atoms. The minimum absolute atomic E-state index is 0.504. The largest absolute Gasteiger partial charge is 0.325 e. The summed E-state index contributed by atoms with van der Waals surface area (Å²) in [6, 6.07) is 8.10. The molecule has 0 unspecified atom stereocenters. The lowest BCUT2D eigenvalue weighted by Gasteiger charge is -1.96. The zero-order valence-electron chi connectivity index (χ0n) is 7.40. The summed E-state index contributed by atoms with van der Waals surface area (Å²) in [5.41, 5.74) is 7.58. The lowest BCUT2D eigenvalue weighted by molar-refractivity contribution is 1.01. The zero-order valence-corrected chi connectivity index (χ0v) is 9.81. The van der Waals surface area contributed by atoms with Crippen LogP contribution in [0.4, 0.5) is 0 Å². The van der Waals surface area contributed by atoms with Gasteiger partial charge in [0.15, 0.2) is 0 Å². The molecule has 0 aliphatic carbocycles. The Hall–Kier alpha value is -0.710. The van der Waals surface area contributed by atoms with Crippen molar-refractivity contribution in [1.29, 1.82) is 0 Å². The maximum absolute atomic E-state index is 5.51. The highest BCUT2D eigenvalue weighted by Gasteiger charge is 2.03. The summed E-state index contributed by atoms with van der Waals surface area (Å²) in [6.07, 6.45) is 0. The van der Waals surface area contributed by atoms with Crippen LogP contribution in [0.1, 0.15) is 5.69 Å². The molecule has 1 aromatic carbocycles. The Morgan fingerprint density at radius 3 is 2.93 bits per heavy atom. The van der Waals surface area contributed by atoms with Gasteiger partial charge in [-0.2, -0.15) is 0 Å². The van der Waals surface area contributed by atoms with E-state index < -0.39 is 0 Å². The molecular weight excluding hydrogens is 260 g/mol. The summed E-state index contributed by atoms with van der Waals surface area (Å²) < 4.78 is 1.07. The van der Waals surface area contributed by atoms with E-state index in [0.717, 1.165) is 20.7 Å². The maximum atomic E-state index is 5.51. The van der Waals surface area contributed by atoms with Crippen LogP contribution in [0.2, 0.25) is 0 Å². The fraction of sp³-hybridized carbons (Fsp3) is 0.100. The second kappa shape index (κ2) is 4.21. The molecule has 0 spiro atoms. The molecule has 2 aromatic rings. The van der Waals surface area contributed by atoms with Crippen LogP contribution < -0.4 is 5.73 Å². The third-order valence-corrected chi connectivity index (χ3v) is 3.27. The number of thiazole rings is 1. The molecule has 2 nitrogen and oxygen atoms in total. The van der Waals surface area contributed by atoms with Crippen molar-refractivity contribution < 1.29 is 0 Å². The molecule has 0 fully saturated rings. The average Bonchev–Trinajstić information content (AvgIpc) is 2.66. The molecule has 0 amide bonds. The van der Waals surface area contributed by atoms with Crippen LogP contribution >= 0.6 is 27.3 Å². The van der Waals surface area contributed by atoms with Gasteiger partial charge in [0, 0.05) is 22.0 Å². The number of rotatable bonds is 2. The summed E-state index contributed by atoms with van der Waals surface area (Å²) >= 11 is 5.06. The molecule has 0 aliphatic rings. The fourth-order valence-electron chi connectivity index (χ4n) is 1.15. The van der Waals surface area contributed by atoms with Crippen LogP contribution in [0.15, 0.2) is 34.1 Å². The Bertz CT molecular complexity index is 439.